The van der Waals surface area contributed by atoms with Gasteiger partial charge in [-0.25, -0.2) is 0 Å². The van der Waals surface area contributed by atoms with E-state index in [0.29, 0.717) is 17.8 Å². The van der Waals surface area contributed by atoms with Crippen LogP contribution < -0.4 is 0 Å². The third-order valence-electron chi connectivity index (χ3n) is 4.65. The summed E-state index contributed by atoms with van der Waals surface area (Å²) in [7, 11) is 0. The Hall–Kier alpha value is -2.88. The highest BCUT2D eigenvalue weighted by molar-refractivity contribution is 5.84. The number of hydrogen-bond acceptors (Lipinski definition) is 3. The molecule has 0 unspecified atom stereocenters. The summed E-state index contributed by atoms with van der Waals surface area (Å²) >= 11 is 0. The Morgan fingerprint density at radius 3 is 2.48 bits per heavy atom. The predicted molar refractivity (Wildman–Crippen MR) is 101 cm³/mol. The highest BCUT2D eigenvalue weighted by Gasteiger charge is 2.15. The van der Waals surface area contributed by atoms with Crippen LogP contribution in [0.1, 0.15) is 31.0 Å². The Balaban J connectivity index is 1.76. The second kappa shape index (κ2) is 5.88. The van der Waals surface area contributed by atoms with E-state index in [2.05, 4.69) is 78.9 Å². The summed E-state index contributed by atoms with van der Waals surface area (Å²) in [5.74, 6) is 1.20. The SMILES string of the molecule is Cc1cccc(C)c1-c1noc(-c2ccc3c(ccn3C(C)C)c2)n1. The van der Waals surface area contributed by atoms with Crippen LogP contribution in [0.25, 0.3) is 33.7 Å². The molecular formula is C21H21N3O. The molecule has 4 nitrogen and oxygen atoms in total. The van der Waals surface area contributed by atoms with Crippen molar-refractivity contribution >= 4 is 10.9 Å². The lowest BCUT2D eigenvalue weighted by atomic mass is 10.0. The van der Waals surface area contributed by atoms with Crippen LogP contribution in [-0.2, 0) is 0 Å². The second-order valence-electron chi connectivity index (χ2n) is 6.78. The fourth-order valence-corrected chi connectivity index (χ4v) is 3.36. The maximum absolute atomic E-state index is 5.55. The molecular weight excluding hydrogens is 310 g/mol. The maximum Gasteiger partial charge on any atom is 0.258 e. The van der Waals surface area contributed by atoms with Gasteiger partial charge in [0.15, 0.2) is 0 Å². The first kappa shape index (κ1) is 15.6. The van der Waals surface area contributed by atoms with Gasteiger partial charge >= 0.3 is 0 Å². The molecule has 126 valence electrons. The fraction of sp³-hybridized carbons (Fsp3) is 0.238. The normalized spacial score (nSPS) is 11.6. The van der Waals surface area contributed by atoms with Gasteiger partial charge < -0.3 is 9.09 Å². The summed E-state index contributed by atoms with van der Waals surface area (Å²) in [5.41, 5.74) is 5.50. The van der Waals surface area contributed by atoms with Crippen molar-refractivity contribution in [2.45, 2.75) is 33.7 Å². The van der Waals surface area contributed by atoms with Crippen LogP contribution in [0.5, 0.6) is 0 Å². The van der Waals surface area contributed by atoms with Gasteiger partial charge in [-0.05, 0) is 63.1 Å². The topological polar surface area (TPSA) is 43.9 Å². The Kier molecular flexibility index (Phi) is 3.68. The largest absolute Gasteiger partial charge is 0.345 e. The highest BCUT2D eigenvalue weighted by atomic mass is 16.5. The number of fused-ring (bicyclic) bond motifs is 1. The quantitative estimate of drug-likeness (QED) is 0.494. The van der Waals surface area contributed by atoms with Gasteiger partial charge in [-0.3, -0.25) is 0 Å². The van der Waals surface area contributed by atoms with Gasteiger partial charge in [0.25, 0.3) is 5.89 Å². The molecule has 4 rings (SSSR count). The predicted octanol–water partition coefficient (Wildman–Crippen LogP) is 5.56. The molecule has 0 spiro atoms. The first-order valence-electron chi connectivity index (χ1n) is 8.56. The van der Waals surface area contributed by atoms with Crippen molar-refractivity contribution in [3.05, 3.63) is 59.8 Å². The molecule has 0 bridgehead atoms. The van der Waals surface area contributed by atoms with Crippen LogP contribution in [0, 0.1) is 13.8 Å². The minimum Gasteiger partial charge on any atom is -0.345 e. The Labute approximate surface area is 147 Å². The summed E-state index contributed by atoms with van der Waals surface area (Å²) < 4.78 is 7.81. The average molecular weight is 331 g/mol. The van der Waals surface area contributed by atoms with E-state index in [4.69, 9.17) is 4.52 Å². The lowest BCUT2D eigenvalue weighted by molar-refractivity contribution is 0.432. The molecule has 0 radical (unpaired) electrons. The molecule has 4 heteroatoms. The summed E-state index contributed by atoms with van der Waals surface area (Å²) in [5, 5.41) is 5.39. The maximum atomic E-state index is 5.55. The van der Waals surface area contributed by atoms with Crippen LogP contribution in [0.4, 0.5) is 0 Å². The lowest BCUT2D eigenvalue weighted by Crippen LogP contribution is -1.97. The van der Waals surface area contributed by atoms with Crippen molar-refractivity contribution in [1.82, 2.24) is 14.7 Å². The third-order valence-corrected chi connectivity index (χ3v) is 4.65. The zero-order valence-corrected chi connectivity index (χ0v) is 14.9. The number of aryl methyl sites for hydroxylation is 2. The summed E-state index contributed by atoms with van der Waals surface area (Å²) in [6.07, 6.45) is 2.12. The van der Waals surface area contributed by atoms with Gasteiger partial charge in [-0.1, -0.05) is 23.4 Å². The molecule has 0 N–H and O–H groups in total. The van der Waals surface area contributed by atoms with E-state index >= 15 is 0 Å². The lowest BCUT2D eigenvalue weighted by Gasteiger charge is -2.09. The first-order valence-corrected chi connectivity index (χ1v) is 8.56. The monoisotopic (exact) mass is 331 g/mol. The summed E-state index contributed by atoms with van der Waals surface area (Å²) in [6.45, 7) is 8.50. The van der Waals surface area contributed by atoms with Gasteiger partial charge in [-0.2, -0.15) is 4.98 Å². The van der Waals surface area contributed by atoms with Crippen molar-refractivity contribution < 1.29 is 4.52 Å². The molecule has 0 atom stereocenters. The molecule has 0 amide bonds. The number of benzene rings is 2. The Bertz CT molecular complexity index is 1040. The van der Waals surface area contributed by atoms with Crippen LogP contribution in [-0.4, -0.2) is 14.7 Å². The summed E-state index contributed by atoms with van der Waals surface area (Å²) in [4.78, 5) is 4.64. The van der Waals surface area contributed by atoms with Gasteiger partial charge in [0.1, 0.15) is 0 Å². The Morgan fingerprint density at radius 1 is 1.00 bits per heavy atom. The van der Waals surface area contributed by atoms with E-state index in [1.165, 1.54) is 10.9 Å². The van der Waals surface area contributed by atoms with Crippen LogP contribution >= 0.6 is 0 Å². The molecule has 0 fully saturated rings. The van der Waals surface area contributed by atoms with Crippen molar-refractivity contribution in [1.29, 1.82) is 0 Å². The molecule has 0 saturated heterocycles. The van der Waals surface area contributed by atoms with Crippen molar-refractivity contribution in [3.8, 4) is 22.8 Å². The molecule has 0 aliphatic rings. The average Bonchev–Trinajstić information content (AvgIpc) is 3.21. The van der Waals surface area contributed by atoms with E-state index in [0.717, 1.165) is 22.3 Å². The van der Waals surface area contributed by atoms with E-state index in [-0.39, 0.29) is 0 Å². The van der Waals surface area contributed by atoms with Crippen molar-refractivity contribution in [2.75, 3.05) is 0 Å². The van der Waals surface area contributed by atoms with E-state index < -0.39 is 0 Å². The van der Waals surface area contributed by atoms with E-state index in [1.54, 1.807) is 0 Å². The van der Waals surface area contributed by atoms with Gasteiger partial charge in [0, 0.05) is 34.3 Å². The van der Waals surface area contributed by atoms with E-state index in [1.807, 2.05) is 12.1 Å². The second-order valence-corrected chi connectivity index (χ2v) is 6.78. The standard InChI is InChI=1S/C21H21N3O/c1-13(2)24-11-10-16-12-17(8-9-18(16)24)21-22-20(23-25-21)19-14(3)6-5-7-15(19)4/h5-13H,1-4H3. The fourth-order valence-electron chi connectivity index (χ4n) is 3.36. The molecule has 2 aromatic heterocycles. The third kappa shape index (κ3) is 2.64. The number of rotatable bonds is 3. The molecule has 0 aliphatic heterocycles. The number of hydrogen-bond donors (Lipinski definition) is 0. The van der Waals surface area contributed by atoms with Gasteiger partial charge in [-0.15, -0.1) is 0 Å². The smallest absolute Gasteiger partial charge is 0.258 e. The zero-order chi connectivity index (χ0) is 17.6. The Morgan fingerprint density at radius 2 is 1.76 bits per heavy atom. The number of nitrogens with zero attached hydrogens (tertiary/aromatic N) is 3. The van der Waals surface area contributed by atoms with Gasteiger partial charge in [0.2, 0.25) is 5.82 Å². The van der Waals surface area contributed by atoms with Crippen LogP contribution in [0.15, 0.2) is 53.2 Å². The molecule has 2 aromatic carbocycles. The molecule has 4 aromatic rings. The highest BCUT2D eigenvalue weighted by Crippen LogP contribution is 2.29. The van der Waals surface area contributed by atoms with Crippen LogP contribution in [0.3, 0.4) is 0 Å². The minimum atomic E-state index is 0.433. The van der Waals surface area contributed by atoms with E-state index in [9.17, 15) is 0 Å². The molecule has 0 aliphatic carbocycles. The van der Waals surface area contributed by atoms with Gasteiger partial charge in [0.05, 0.1) is 0 Å². The molecule has 25 heavy (non-hydrogen) atoms. The zero-order valence-electron chi connectivity index (χ0n) is 14.9. The molecule has 0 saturated carbocycles. The van der Waals surface area contributed by atoms with Crippen molar-refractivity contribution in [3.63, 3.8) is 0 Å². The minimum absolute atomic E-state index is 0.433. The summed E-state index contributed by atoms with van der Waals surface area (Å²) in [6, 6.07) is 15.0. The van der Waals surface area contributed by atoms with Crippen molar-refractivity contribution in [2.24, 2.45) is 0 Å². The van der Waals surface area contributed by atoms with Crippen LogP contribution in [0.2, 0.25) is 0 Å². The molecule has 2 heterocycles. The number of aromatic nitrogens is 3. The first-order chi connectivity index (χ1) is 12.0.